The molecule has 0 bridgehead atoms. The monoisotopic (exact) mass is 386 g/mol. The van der Waals surface area contributed by atoms with Crippen LogP contribution in [0.5, 0.6) is 0 Å². The summed E-state index contributed by atoms with van der Waals surface area (Å²) < 4.78 is 6.94. The first-order chi connectivity index (χ1) is 13.4. The van der Waals surface area contributed by atoms with Crippen molar-refractivity contribution in [2.75, 3.05) is 14.2 Å². The minimum absolute atomic E-state index is 0.0573. The number of carbonyl (C=O) groups is 1. The van der Waals surface area contributed by atoms with Crippen molar-refractivity contribution in [2.24, 2.45) is 0 Å². The number of benzene rings is 1. The number of imidazole rings is 1. The standard InChI is InChI=1S/C18H18N4O6/c1-10(27-2)21-17(25)14-16(22(28-3)18(21)26)20-15(19-14)12-7-4-11(5-8-12)6-9-13(23)24/h4-10H,1-3H3,(H,19,20)(H,23,24)/b9-6+. The van der Waals surface area contributed by atoms with E-state index in [1.807, 2.05) is 0 Å². The molecule has 146 valence electrons. The van der Waals surface area contributed by atoms with Gasteiger partial charge in [0.15, 0.2) is 5.52 Å². The van der Waals surface area contributed by atoms with Gasteiger partial charge in [0.1, 0.15) is 19.2 Å². The molecule has 1 aromatic carbocycles. The maximum Gasteiger partial charge on any atom is 0.368 e. The number of fused-ring (bicyclic) bond motifs is 1. The Labute approximate surface area is 158 Å². The fourth-order valence-corrected chi connectivity index (χ4v) is 2.70. The predicted molar refractivity (Wildman–Crippen MR) is 101 cm³/mol. The normalized spacial score (nSPS) is 12.5. The molecule has 0 aliphatic carbocycles. The van der Waals surface area contributed by atoms with E-state index in [0.29, 0.717) is 17.0 Å². The Bertz CT molecular complexity index is 1170. The lowest BCUT2D eigenvalue weighted by molar-refractivity contribution is -0.131. The van der Waals surface area contributed by atoms with Gasteiger partial charge in [0.05, 0.1) is 0 Å². The SMILES string of the molecule is COC(C)n1c(=O)c2[nH]c(-c3ccc(/C=C/C(=O)O)cc3)nc2n(OC)c1=O. The third kappa shape index (κ3) is 3.32. The lowest BCUT2D eigenvalue weighted by Crippen LogP contribution is -2.43. The number of carboxylic acids is 1. The number of hydrogen-bond acceptors (Lipinski definition) is 6. The molecule has 3 rings (SSSR count). The van der Waals surface area contributed by atoms with Crippen molar-refractivity contribution in [1.82, 2.24) is 19.3 Å². The van der Waals surface area contributed by atoms with E-state index in [0.717, 1.165) is 15.4 Å². The highest BCUT2D eigenvalue weighted by Gasteiger charge is 2.21. The Morgan fingerprint density at radius 3 is 2.50 bits per heavy atom. The van der Waals surface area contributed by atoms with Crippen molar-refractivity contribution in [3.05, 3.63) is 56.7 Å². The second kappa shape index (κ2) is 7.53. The summed E-state index contributed by atoms with van der Waals surface area (Å²) in [5.41, 5.74) is 0.193. The Hall–Kier alpha value is -3.66. The quantitative estimate of drug-likeness (QED) is 0.602. The van der Waals surface area contributed by atoms with Gasteiger partial charge in [-0.3, -0.25) is 4.79 Å². The van der Waals surface area contributed by atoms with Crippen LogP contribution in [-0.2, 0) is 9.53 Å². The maximum atomic E-state index is 12.7. The first-order valence-corrected chi connectivity index (χ1v) is 8.23. The lowest BCUT2D eigenvalue weighted by Gasteiger charge is -2.14. The molecule has 2 heterocycles. The number of ether oxygens (including phenoxy) is 1. The molecule has 0 amide bonds. The highest BCUT2D eigenvalue weighted by atomic mass is 16.7. The molecule has 0 aliphatic rings. The molecular formula is C18H18N4O6. The van der Waals surface area contributed by atoms with Gasteiger partial charge >= 0.3 is 11.7 Å². The number of nitrogens with zero attached hydrogens (tertiary/aromatic N) is 3. The third-order valence-electron chi connectivity index (χ3n) is 4.18. The predicted octanol–water partition coefficient (Wildman–Crippen LogP) is 0.874. The molecule has 1 atom stereocenters. The largest absolute Gasteiger partial charge is 0.478 e. The third-order valence-corrected chi connectivity index (χ3v) is 4.18. The van der Waals surface area contributed by atoms with Crippen LogP contribution < -0.4 is 16.1 Å². The Morgan fingerprint density at radius 1 is 1.25 bits per heavy atom. The van der Waals surface area contributed by atoms with Crippen LogP contribution in [0.15, 0.2) is 39.9 Å². The van der Waals surface area contributed by atoms with Gasteiger partial charge in [0.2, 0.25) is 5.65 Å². The number of carboxylic acid groups (broad SMARTS) is 1. The van der Waals surface area contributed by atoms with E-state index >= 15 is 0 Å². The van der Waals surface area contributed by atoms with Crippen LogP contribution in [0.4, 0.5) is 0 Å². The minimum atomic E-state index is -1.04. The minimum Gasteiger partial charge on any atom is -0.478 e. The van der Waals surface area contributed by atoms with Crippen molar-refractivity contribution >= 4 is 23.2 Å². The summed E-state index contributed by atoms with van der Waals surface area (Å²) in [5.74, 6) is -0.686. The van der Waals surface area contributed by atoms with Crippen LogP contribution in [0.3, 0.4) is 0 Å². The molecule has 10 heteroatoms. The van der Waals surface area contributed by atoms with Gasteiger partial charge in [-0.2, -0.15) is 0 Å². The van der Waals surface area contributed by atoms with E-state index in [2.05, 4.69) is 9.97 Å². The molecule has 0 saturated carbocycles. The van der Waals surface area contributed by atoms with Crippen molar-refractivity contribution in [3.63, 3.8) is 0 Å². The first-order valence-electron chi connectivity index (χ1n) is 8.23. The van der Waals surface area contributed by atoms with Crippen molar-refractivity contribution in [1.29, 1.82) is 0 Å². The van der Waals surface area contributed by atoms with Crippen LogP contribution in [0.1, 0.15) is 18.7 Å². The van der Waals surface area contributed by atoms with Gasteiger partial charge in [-0.15, -0.1) is 4.73 Å². The molecule has 3 aromatic rings. The van der Waals surface area contributed by atoms with E-state index in [9.17, 15) is 14.4 Å². The molecule has 1 unspecified atom stereocenters. The molecule has 10 nitrogen and oxygen atoms in total. The van der Waals surface area contributed by atoms with Gasteiger partial charge in [0, 0.05) is 18.7 Å². The van der Waals surface area contributed by atoms with Gasteiger partial charge in [-0.05, 0) is 18.6 Å². The number of nitrogens with one attached hydrogen (secondary N) is 1. The smallest absolute Gasteiger partial charge is 0.368 e. The number of hydrogen-bond donors (Lipinski definition) is 2. The summed E-state index contributed by atoms with van der Waals surface area (Å²) >= 11 is 0. The fourth-order valence-electron chi connectivity index (χ4n) is 2.70. The van der Waals surface area contributed by atoms with E-state index in [1.165, 1.54) is 20.3 Å². The zero-order valence-corrected chi connectivity index (χ0v) is 15.4. The summed E-state index contributed by atoms with van der Waals surface area (Å²) in [4.78, 5) is 48.3. The number of methoxy groups -OCH3 is 1. The maximum absolute atomic E-state index is 12.7. The van der Waals surface area contributed by atoms with E-state index in [1.54, 1.807) is 31.2 Å². The van der Waals surface area contributed by atoms with Crippen LogP contribution in [0, 0.1) is 0 Å². The summed E-state index contributed by atoms with van der Waals surface area (Å²) in [6.07, 6.45) is 1.70. The zero-order valence-electron chi connectivity index (χ0n) is 15.4. The van der Waals surface area contributed by atoms with E-state index in [4.69, 9.17) is 14.7 Å². The van der Waals surface area contributed by atoms with Crippen molar-refractivity contribution in [3.8, 4) is 11.4 Å². The number of H-pyrrole nitrogens is 1. The Morgan fingerprint density at radius 2 is 1.93 bits per heavy atom. The summed E-state index contributed by atoms with van der Waals surface area (Å²) in [6, 6.07) is 6.84. The van der Waals surface area contributed by atoms with Crippen LogP contribution in [0.2, 0.25) is 0 Å². The average Bonchev–Trinajstić information content (AvgIpc) is 3.12. The number of aromatic nitrogens is 4. The van der Waals surface area contributed by atoms with Gasteiger partial charge < -0.3 is 19.7 Å². The fraction of sp³-hybridized carbons (Fsp3) is 0.222. The summed E-state index contributed by atoms with van der Waals surface area (Å²) in [7, 11) is 2.68. The second-order valence-electron chi connectivity index (χ2n) is 5.85. The summed E-state index contributed by atoms with van der Waals surface area (Å²) in [5, 5.41) is 8.68. The zero-order chi connectivity index (χ0) is 20.4. The molecule has 0 radical (unpaired) electrons. The molecule has 0 aliphatic heterocycles. The van der Waals surface area contributed by atoms with Gasteiger partial charge in [-0.25, -0.2) is 19.1 Å². The molecule has 0 saturated heterocycles. The number of rotatable bonds is 6. The lowest BCUT2D eigenvalue weighted by atomic mass is 10.1. The van der Waals surface area contributed by atoms with E-state index < -0.39 is 23.4 Å². The van der Waals surface area contributed by atoms with Crippen molar-refractivity contribution < 1.29 is 19.5 Å². The molecule has 2 N–H and O–H groups in total. The second-order valence-corrected chi connectivity index (χ2v) is 5.85. The molecule has 0 spiro atoms. The van der Waals surface area contributed by atoms with Crippen molar-refractivity contribution in [2.45, 2.75) is 13.2 Å². The van der Waals surface area contributed by atoms with Gasteiger partial charge in [0.25, 0.3) is 5.56 Å². The summed E-state index contributed by atoms with van der Waals surface area (Å²) in [6.45, 7) is 1.56. The molecule has 2 aromatic heterocycles. The van der Waals surface area contributed by atoms with Crippen LogP contribution in [0.25, 0.3) is 28.6 Å². The van der Waals surface area contributed by atoms with E-state index in [-0.39, 0.29) is 11.2 Å². The topological polar surface area (TPSA) is 128 Å². The first kappa shape index (κ1) is 19.1. The molecule has 0 fully saturated rings. The Kier molecular flexibility index (Phi) is 5.14. The van der Waals surface area contributed by atoms with Crippen LogP contribution >= 0.6 is 0 Å². The molecule has 28 heavy (non-hydrogen) atoms. The number of aliphatic carboxylic acids is 1. The van der Waals surface area contributed by atoms with Crippen LogP contribution in [-0.4, -0.2) is 44.6 Å². The highest BCUT2D eigenvalue weighted by molar-refractivity contribution is 5.85. The highest BCUT2D eigenvalue weighted by Crippen LogP contribution is 2.19. The molecular weight excluding hydrogens is 368 g/mol. The average molecular weight is 386 g/mol. The number of aromatic amines is 1. The van der Waals surface area contributed by atoms with Gasteiger partial charge in [-0.1, -0.05) is 24.3 Å². The Balaban J connectivity index is 2.14.